The van der Waals surface area contributed by atoms with Gasteiger partial charge in [0.1, 0.15) is 0 Å². The molecule has 0 aromatic carbocycles. The zero-order valence-corrected chi connectivity index (χ0v) is 11.8. The number of ether oxygens (including phenoxy) is 1. The third-order valence-electron chi connectivity index (χ3n) is 2.55. The van der Waals surface area contributed by atoms with Crippen molar-refractivity contribution < 1.29 is 4.74 Å². The first-order chi connectivity index (χ1) is 7.52. The fourth-order valence-electron chi connectivity index (χ4n) is 1.83. The van der Waals surface area contributed by atoms with Gasteiger partial charge in [0.05, 0.1) is 6.61 Å². The second kappa shape index (κ2) is 8.97. The maximum Gasteiger partial charge on any atom is 0.0593 e. The van der Waals surface area contributed by atoms with E-state index in [4.69, 9.17) is 4.74 Å². The van der Waals surface area contributed by atoms with E-state index in [0.717, 1.165) is 39.4 Å². The molecule has 0 aliphatic carbocycles. The van der Waals surface area contributed by atoms with Crippen molar-refractivity contribution in [3.8, 4) is 0 Å². The summed E-state index contributed by atoms with van der Waals surface area (Å²) < 4.78 is 5.36. The molecular weight excluding hydrogens is 200 g/mol. The molecule has 0 rings (SSSR count). The van der Waals surface area contributed by atoms with Crippen molar-refractivity contribution in [1.29, 1.82) is 0 Å². The van der Waals surface area contributed by atoms with Crippen LogP contribution in [0.15, 0.2) is 0 Å². The second-order valence-electron chi connectivity index (χ2n) is 5.28. The fourth-order valence-corrected chi connectivity index (χ4v) is 1.83. The van der Waals surface area contributed by atoms with Crippen molar-refractivity contribution >= 4 is 0 Å². The van der Waals surface area contributed by atoms with Gasteiger partial charge in [-0.2, -0.15) is 0 Å². The van der Waals surface area contributed by atoms with E-state index >= 15 is 0 Å². The summed E-state index contributed by atoms with van der Waals surface area (Å²) in [5.74, 6) is 0. The van der Waals surface area contributed by atoms with Gasteiger partial charge in [-0.15, -0.1) is 0 Å². The van der Waals surface area contributed by atoms with Gasteiger partial charge in [-0.05, 0) is 32.4 Å². The van der Waals surface area contributed by atoms with E-state index in [2.05, 4.69) is 38.0 Å². The van der Waals surface area contributed by atoms with Gasteiger partial charge in [-0.25, -0.2) is 0 Å². The Labute approximate surface area is 102 Å². The highest BCUT2D eigenvalue weighted by molar-refractivity contribution is 4.75. The average molecular weight is 230 g/mol. The lowest BCUT2D eigenvalue weighted by molar-refractivity contribution is 0.107. The maximum absolute atomic E-state index is 5.36. The minimum absolute atomic E-state index is 0.329. The zero-order chi connectivity index (χ0) is 12.4. The summed E-state index contributed by atoms with van der Waals surface area (Å²) in [6.07, 6.45) is 1.20. The van der Waals surface area contributed by atoms with E-state index in [0.29, 0.717) is 5.41 Å². The zero-order valence-electron chi connectivity index (χ0n) is 11.8. The molecule has 0 spiro atoms. The second-order valence-corrected chi connectivity index (χ2v) is 5.28. The Balaban J connectivity index is 3.67. The summed E-state index contributed by atoms with van der Waals surface area (Å²) in [5, 5.41) is 3.49. The van der Waals surface area contributed by atoms with E-state index in [9.17, 15) is 0 Å². The molecule has 0 unspecified atom stereocenters. The largest absolute Gasteiger partial charge is 0.380 e. The monoisotopic (exact) mass is 230 g/mol. The van der Waals surface area contributed by atoms with Crippen LogP contribution >= 0.6 is 0 Å². The van der Waals surface area contributed by atoms with Crippen molar-refractivity contribution in [3.63, 3.8) is 0 Å². The Morgan fingerprint density at radius 1 is 1.25 bits per heavy atom. The third-order valence-corrected chi connectivity index (χ3v) is 2.55. The first-order valence-electron chi connectivity index (χ1n) is 6.49. The molecule has 0 aliphatic heterocycles. The lowest BCUT2D eigenvalue weighted by Gasteiger charge is -2.30. The predicted molar refractivity (Wildman–Crippen MR) is 70.9 cm³/mol. The molecule has 0 amide bonds. The summed E-state index contributed by atoms with van der Waals surface area (Å²) in [6.45, 7) is 14.8. The van der Waals surface area contributed by atoms with E-state index in [1.807, 2.05) is 6.92 Å². The molecular formula is C13H30N2O. The molecule has 0 atom stereocenters. The Morgan fingerprint density at radius 3 is 2.50 bits per heavy atom. The van der Waals surface area contributed by atoms with Crippen LogP contribution in [0, 0.1) is 5.41 Å². The van der Waals surface area contributed by atoms with Gasteiger partial charge in [-0.3, -0.25) is 0 Å². The van der Waals surface area contributed by atoms with Crippen LogP contribution in [-0.4, -0.2) is 51.3 Å². The van der Waals surface area contributed by atoms with Gasteiger partial charge in [-0.1, -0.05) is 20.8 Å². The molecule has 0 fully saturated rings. The molecule has 0 aromatic heterocycles. The van der Waals surface area contributed by atoms with Gasteiger partial charge in [0, 0.05) is 26.2 Å². The van der Waals surface area contributed by atoms with Gasteiger partial charge in [0.15, 0.2) is 0 Å². The highest BCUT2D eigenvalue weighted by Crippen LogP contribution is 2.14. The van der Waals surface area contributed by atoms with Gasteiger partial charge < -0.3 is 15.0 Å². The summed E-state index contributed by atoms with van der Waals surface area (Å²) in [6, 6.07) is 0. The van der Waals surface area contributed by atoms with E-state index in [1.165, 1.54) is 6.42 Å². The summed E-state index contributed by atoms with van der Waals surface area (Å²) in [5.41, 5.74) is 0.329. The molecule has 1 N–H and O–H groups in total. The van der Waals surface area contributed by atoms with Gasteiger partial charge in [0.2, 0.25) is 0 Å². The molecule has 0 saturated heterocycles. The van der Waals surface area contributed by atoms with Gasteiger partial charge in [0.25, 0.3) is 0 Å². The predicted octanol–water partition coefficient (Wildman–Crippen LogP) is 1.98. The van der Waals surface area contributed by atoms with Crippen LogP contribution in [0.4, 0.5) is 0 Å². The quantitative estimate of drug-likeness (QED) is 0.581. The highest BCUT2D eigenvalue weighted by atomic mass is 16.5. The number of hydrogen-bond donors (Lipinski definition) is 1. The minimum Gasteiger partial charge on any atom is -0.380 e. The SMILES string of the molecule is CCCNCC(C)(C)CN(C)CCOCC. The minimum atomic E-state index is 0.329. The van der Waals surface area contributed by atoms with Crippen molar-refractivity contribution in [2.75, 3.05) is 46.4 Å². The van der Waals surface area contributed by atoms with Crippen molar-refractivity contribution in [2.45, 2.75) is 34.1 Å². The van der Waals surface area contributed by atoms with Crippen LogP contribution in [0.5, 0.6) is 0 Å². The average Bonchev–Trinajstić information content (AvgIpc) is 2.17. The molecule has 0 bridgehead atoms. The number of likely N-dealkylation sites (N-methyl/N-ethyl adjacent to an activating group) is 1. The van der Waals surface area contributed by atoms with Crippen molar-refractivity contribution in [2.24, 2.45) is 5.41 Å². The summed E-state index contributed by atoms with van der Waals surface area (Å²) in [7, 11) is 2.17. The normalized spacial score (nSPS) is 12.4. The van der Waals surface area contributed by atoms with Crippen molar-refractivity contribution in [1.82, 2.24) is 10.2 Å². The highest BCUT2D eigenvalue weighted by Gasteiger charge is 2.19. The third kappa shape index (κ3) is 9.13. The maximum atomic E-state index is 5.36. The standard InChI is InChI=1S/C13H30N2O/c1-6-8-14-11-13(3,4)12-15(5)9-10-16-7-2/h14H,6-12H2,1-5H3. The molecule has 3 nitrogen and oxygen atoms in total. The van der Waals surface area contributed by atoms with E-state index in [-0.39, 0.29) is 0 Å². The molecule has 0 radical (unpaired) electrons. The number of hydrogen-bond acceptors (Lipinski definition) is 3. The lowest BCUT2D eigenvalue weighted by Crippen LogP contribution is -2.40. The Bertz CT molecular complexity index is 160. The summed E-state index contributed by atoms with van der Waals surface area (Å²) >= 11 is 0. The Morgan fingerprint density at radius 2 is 1.94 bits per heavy atom. The summed E-state index contributed by atoms with van der Waals surface area (Å²) in [4.78, 5) is 2.35. The van der Waals surface area contributed by atoms with Crippen LogP contribution in [-0.2, 0) is 4.74 Å². The van der Waals surface area contributed by atoms with Gasteiger partial charge >= 0.3 is 0 Å². The smallest absolute Gasteiger partial charge is 0.0593 e. The first-order valence-corrected chi connectivity index (χ1v) is 6.49. The fraction of sp³-hybridized carbons (Fsp3) is 1.00. The number of nitrogens with one attached hydrogen (secondary N) is 1. The van der Waals surface area contributed by atoms with Crippen LogP contribution in [0.2, 0.25) is 0 Å². The molecule has 98 valence electrons. The van der Waals surface area contributed by atoms with E-state index in [1.54, 1.807) is 0 Å². The van der Waals surface area contributed by atoms with Crippen LogP contribution < -0.4 is 5.32 Å². The van der Waals surface area contributed by atoms with Crippen LogP contribution in [0.25, 0.3) is 0 Å². The molecule has 16 heavy (non-hydrogen) atoms. The molecule has 0 aliphatic rings. The molecule has 0 saturated carbocycles. The van der Waals surface area contributed by atoms with Crippen molar-refractivity contribution in [3.05, 3.63) is 0 Å². The van der Waals surface area contributed by atoms with Crippen LogP contribution in [0.1, 0.15) is 34.1 Å². The first kappa shape index (κ1) is 15.9. The van der Waals surface area contributed by atoms with Crippen LogP contribution in [0.3, 0.4) is 0 Å². The molecule has 3 heteroatoms. The number of rotatable bonds is 10. The van der Waals surface area contributed by atoms with E-state index < -0.39 is 0 Å². The topological polar surface area (TPSA) is 24.5 Å². The number of nitrogens with zero attached hydrogens (tertiary/aromatic N) is 1. The molecule has 0 aromatic rings. The Hall–Kier alpha value is -0.120. The lowest BCUT2D eigenvalue weighted by atomic mass is 9.93. The Kier molecular flexibility index (Phi) is 8.90. The molecule has 0 heterocycles.